The van der Waals surface area contributed by atoms with Crippen molar-refractivity contribution >= 4 is 39.5 Å². The topological polar surface area (TPSA) is 237 Å². The Balaban J connectivity index is 5.11. The fourth-order valence-electron chi connectivity index (χ4n) is 12.7. The molecular formula is C82H160O17P2. The predicted octanol–water partition coefficient (Wildman–Crippen LogP) is 24.7. The third kappa shape index (κ3) is 74.7. The zero-order chi connectivity index (χ0) is 74.2. The van der Waals surface area contributed by atoms with Crippen molar-refractivity contribution in [1.82, 2.24) is 0 Å². The second kappa shape index (κ2) is 73.6. The molecule has 0 saturated carbocycles. The maximum absolute atomic E-state index is 13.1. The predicted molar refractivity (Wildman–Crippen MR) is 414 cm³/mol. The Morgan fingerprint density at radius 2 is 0.505 bits per heavy atom. The SMILES string of the molecule is CCCCCCCCCCCCCCCCCCCC(=O)O[C@H](COC(=O)CCCCCCC)COP(=O)(O)OC[C@H](O)COP(=O)(O)OC[C@@H](COC(=O)CCCCCCCCCCCCCCCCC(C)C)OC(=O)CCCCCCCCCCCCCCCCCCCCC(C)CC. The Labute approximate surface area is 619 Å². The summed E-state index contributed by atoms with van der Waals surface area (Å²) < 4.78 is 68.5. The van der Waals surface area contributed by atoms with Crippen LogP contribution in [0.2, 0.25) is 0 Å². The average Bonchev–Trinajstić information content (AvgIpc) is 0.966. The van der Waals surface area contributed by atoms with Crippen LogP contribution in [0.4, 0.5) is 0 Å². The van der Waals surface area contributed by atoms with Gasteiger partial charge in [-0.3, -0.25) is 37.3 Å². The first kappa shape index (κ1) is 99.1. The zero-order valence-corrected chi connectivity index (χ0v) is 68.0. The highest BCUT2D eigenvalue weighted by Crippen LogP contribution is 2.45. The van der Waals surface area contributed by atoms with E-state index in [4.69, 9.17) is 37.0 Å². The minimum absolute atomic E-state index is 0.108. The molecule has 0 heterocycles. The van der Waals surface area contributed by atoms with Crippen molar-refractivity contribution in [3.8, 4) is 0 Å². The van der Waals surface area contributed by atoms with Gasteiger partial charge in [-0.05, 0) is 37.5 Å². The number of phosphoric ester groups is 2. The summed E-state index contributed by atoms with van der Waals surface area (Å²) in [5, 5.41) is 10.6. The minimum Gasteiger partial charge on any atom is -0.462 e. The number of aliphatic hydroxyl groups is 1. The van der Waals surface area contributed by atoms with E-state index >= 15 is 0 Å². The molecule has 0 spiro atoms. The van der Waals surface area contributed by atoms with E-state index in [9.17, 15) is 43.2 Å². The van der Waals surface area contributed by atoms with Gasteiger partial charge in [0.05, 0.1) is 26.4 Å². The average molecular weight is 1480 g/mol. The Hall–Kier alpha value is -1.94. The molecule has 0 aliphatic carbocycles. The van der Waals surface area contributed by atoms with Gasteiger partial charge in [-0.1, -0.05) is 382 Å². The molecule has 0 aromatic heterocycles. The second-order valence-corrected chi connectivity index (χ2v) is 33.1. The molecule has 0 aromatic rings. The highest BCUT2D eigenvalue weighted by atomic mass is 31.2. The van der Waals surface area contributed by atoms with E-state index in [1.54, 1.807) is 0 Å². The maximum Gasteiger partial charge on any atom is 0.472 e. The summed E-state index contributed by atoms with van der Waals surface area (Å²) in [6.45, 7) is 9.65. The number of carbonyl (C=O) groups excluding carboxylic acids is 4. The molecule has 19 heteroatoms. The first-order valence-corrected chi connectivity index (χ1v) is 45.5. The normalized spacial score (nSPS) is 14.2. The Kier molecular flexibility index (Phi) is 72.2. The van der Waals surface area contributed by atoms with Crippen molar-refractivity contribution in [3.05, 3.63) is 0 Å². The molecule has 0 radical (unpaired) electrons. The standard InChI is InChI=1S/C82H160O17P2/c1-7-10-12-14-15-16-17-18-19-22-26-33-38-43-48-54-60-66-81(86)98-77(70-92-79(84)64-58-50-13-11-8-2)72-96-100(88,89)94-68-76(83)69-95-101(90,91)97-73-78(71-93-80(85)65-59-53-47-42-37-32-29-28-30-35-40-45-51-56-62-74(4)5)99-82(87)67-61-55-49-44-39-34-27-24-21-20-23-25-31-36-41-46-52-57-63-75(6)9-3/h74-78,83H,7-73H2,1-6H3,(H,88,89)(H,90,91)/t75?,76-,77+,78+/m0/s1. The smallest absolute Gasteiger partial charge is 0.462 e. The van der Waals surface area contributed by atoms with Gasteiger partial charge in [-0.25, -0.2) is 9.13 Å². The summed E-state index contributed by atoms with van der Waals surface area (Å²) >= 11 is 0. The maximum atomic E-state index is 13.1. The van der Waals surface area contributed by atoms with Crippen LogP contribution in [0, 0.1) is 11.8 Å². The number of carbonyl (C=O) groups is 4. The lowest BCUT2D eigenvalue weighted by Crippen LogP contribution is -2.30. The van der Waals surface area contributed by atoms with Crippen LogP contribution < -0.4 is 0 Å². The third-order valence-electron chi connectivity index (χ3n) is 19.6. The van der Waals surface area contributed by atoms with E-state index in [0.717, 1.165) is 108 Å². The Morgan fingerprint density at radius 3 is 0.752 bits per heavy atom. The lowest BCUT2D eigenvalue weighted by Gasteiger charge is -2.21. The van der Waals surface area contributed by atoms with Crippen molar-refractivity contribution in [1.29, 1.82) is 0 Å². The van der Waals surface area contributed by atoms with E-state index in [2.05, 4.69) is 41.5 Å². The van der Waals surface area contributed by atoms with Crippen molar-refractivity contribution in [2.24, 2.45) is 11.8 Å². The molecule has 3 unspecified atom stereocenters. The van der Waals surface area contributed by atoms with E-state index in [-0.39, 0.29) is 25.7 Å². The van der Waals surface area contributed by atoms with Crippen LogP contribution in [0.3, 0.4) is 0 Å². The molecule has 0 amide bonds. The lowest BCUT2D eigenvalue weighted by atomic mass is 9.99. The van der Waals surface area contributed by atoms with Gasteiger partial charge in [0.1, 0.15) is 19.3 Å². The number of phosphoric acid groups is 2. The van der Waals surface area contributed by atoms with E-state index in [0.29, 0.717) is 25.7 Å². The molecule has 3 N–H and O–H groups in total. The van der Waals surface area contributed by atoms with Crippen LogP contribution in [0.15, 0.2) is 0 Å². The molecule has 0 fully saturated rings. The van der Waals surface area contributed by atoms with Gasteiger partial charge >= 0.3 is 39.5 Å². The molecule has 0 saturated heterocycles. The quantitative estimate of drug-likeness (QED) is 0.0222. The van der Waals surface area contributed by atoms with Crippen LogP contribution in [0.5, 0.6) is 0 Å². The summed E-state index contributed by atoms with van der Waals surface area (Å²) in [6.07, 6.45) is 64.3. The van der Waals surface area contributed by atoms with Gasteiger partial charge in [-0.2, -0.15) is 0 Å². The van der Waals surface area contributed by atoms with E-state index in [1.165, 1.54) is 244 Å². The highest BCUT2D eigenvalue weighted by molar-refractivity contribution is 7.47. The number of rotatable bonds is 81. The molecule has 0 bridgehead atoms. The number of aliphatic hydroxyl groups excluding tert-OH is 1. The largest absolute Gasteiger partial charge is 0.472 e. The molecule has 0 aliphatic rings. The zero-order valence-electron chi connectivity index (χ0n) is 66.2. The molecule has 0 rings (SSSR count). The molecule has 0 aliphatic heterocycles. The second-order valence-electron chi connectivity index (χ2n) is 30.2. The first-order chi connectivity index (χ1) is 48.9. The molecule has 101 heavy (non-hydrogen) atoms. The third-order valence-corrected chi connectivity index (χ3v) is 21.5. The summed E-state index contributed by atoms with van der Waals surface area (Å²) in [5.74, 6) is -0.448. The number of ether oxygens (including phenoxy) is 4. The summed E-state index contributed by atoms with van der Waals surface area (Å²) in [7, 11) is -9.91. The van der Waals surface area contributed by atoms with Crippen LogP contribution in [-0.4, -0.2) is 96.7 Å². The van der Waals surface area contributed by atoms with Crippen molar-refractivity contribution in [2.75, 3.05) is 39.6 Å². The first-order valence-electron chi connectivity index (χ1n) is 42.5. The molecule has 0 aromatic carbocycles. The minimum atomic E-state index is -4.96. The number of hydrogen-bond donors (Lipinski definition) is 3. The number of hydrogen-bond acceptors (Lipinski definition) is 15. The number of esters is 4. The lowest BCUT2D eigenvalue weighted by molar-refractivity contribution is -0.161. The summed E-state index contributed by atoms with van der Waals surface area (Å²) in [5.41, 5.74) is 0. The Bertz CT molecular complexity index is 1940. The molecular weight excluding hydrogens is 1320 g/mol. The van der Waals surface area contributed by atoms with Gasteiger partial charge in [0.15, 0.2) is 12.2 Å². The number of unbranched alkanes of at least 4 members (excludes halogenated alkanes) is 50. The van der Waals surface area contributed by atoms with Crippen molar-refractivity contribution < 1.29 is 80.2 Å². The molecule has 6 atom stereocenters. The van der Waals surface area contributed by atoms with Crippen LogP contribution in [0.25, 0.3) is 0 Å². The Morgan fingerprint density at radius 1 is 0.287 bits per heavy atom. The molecule has 17 nitrogen and oxygen atoms in total. The monoisotopic (exact) mass is 1480 g/mol. The van der Waals surface area contributed by atoms with E-state index < -0.39 is 97.5 Å². The van der Waals surface area contributed by atoms with Gasteiger partial charge in [0.2, 0.25) is 0 Å². The fraction of sp³-hybridized carbons (Fsp3) is 0.951. The van der Waals surface area contributed by atoms with E-state index in [1.807, 2.05) is 0 Å². The van der Waals surface area contributed by atoms with Crippen molar-refractivity contribution in [2.45, 2.75) is 452 Å². The van der Waals surface area contributed by atoms with Gasteiger partial charge in [0, 0.05) is 25.7 Å². The summed E-state index contributed by atoms with van der Waals surface area (Å²) in [4.78, 5) is 72.8. The molecule has 600 valence electrons. The summed E-state index contributed by atoms with van der Waals surface area (Å²) in [6, 6.07) is 0. The van der Waals surface area contributed by atoms with Crippen molar-refractivity contribution in [3.63, 3.8) is 0 Å². The van der Waals surface area contributed by atoms with Gasteiger partial charge in [-0.15, -0.1) is 0 Å². The van der Waals surface area contributed by atoms with Crippen LogP contribution in [-0.2, 0) is 65.4 Å². The van der Waals surface area contributed by atoms with Gasteiger partial charge < -0.3 is 33.8 Å². The highest BCUT2D eigenvalue weighted by Gasteiger charge is 2.30. The van der Waals surface area contributed by atoms with Crippen LogP contribution >= 0.6 is 15.6 Å². The van der Waals surface area contributed by atoms with Crippen LogP contribution in [0.1, 0.15) is 433 Å². The van der Waals surface area contributed by atoms with Gasteiger partial charge in [0.25, 0.3) is 0 Å². The fourth-order valence-corrected chi connectivity index (χ4v) is 14.3.